The Labute approximate surface area is 122 Å². The lowest BCUT2D eigenvalue weighted by Gasteiger charge is -2.21. The zero-order valence-corrected chi connectivity index (χ0v) is 13.4. The largest absolute Gasteiger partial charge is 0.491 e. The van der Waals surface area contributed by atoms with Crippen molar-refractivity contribution < 1.29 is 9.47 Å². The first kappa shape index (κ1) is 16.9. The number of hydrogen-bond donors (Lipinski definition) is 1. The quantitative estimate of drug-likeness (QED) is 0.743. The second-order valence-corrected chi connectivity index (χ2v) is 6.40. The van der Waals surface area contributed by atoms with E-state index in [0.717, 1.165) is 24.5 Å². The number of rotatable bonds is 8. The van der Waals surface area contributed by atoms with Crippen molar-refractivity contribution in [1.29, 1.82) is 0 Å². The lowest BCUT2D eigenvalue weighted by Crippen LogP contribution is -2.35. The Bertz CT molecular complexity index is 386. The van der Waals surface area contributed by atoms with Crippen LogP contribution < -0.4 is 10.1 Å². The molecule has 0 amide bonds. The molecule has 0 aliphatic carbocycles. The molecule has 0 aliphatic rings. The topological polar surface area (TPSA) is 43.4 Å². The summed E-state index contributed by atoms with van der Waals surface area (Å²) >= 11 is 0. The zero-order valence-electron chi connectivity index (χ0n) is 13.4. The van der Waals surface area contributed by atoms with Crippen LogP contribution in [0.2, 0.25) is 0 Å². The van der Waals surface area contributed by atoms with E-state index in [1.807, 2.05) is 12.3 Å². The number of ether oxygens (including phenoxy) is 2. The lowest BCUT2D eigenvalue weighted by molar-refractivity contribution is 0.0815. The Balaban J connectivity index is 2.41. The molecule has 0 saturated carbocycles. The van der Waals surface area contributed by atoms with Crippen LogP contribution in [-0.2, 0) is 11.3 Å². The van der Waals surface area contributed by atoms with Crippen molar-refractivity contribution in [2.45, 2.75) is 46.7 Å². The standard InChI is InChI=1S/C16H28N2O2/c1-13(2)12-19-8-9-20-15-6-7-17-10-14(15)11-18-16(3,4)5/h6-7,10,13,18H,8-9,11-12H2,1-5H3. The van der Waals surface area contributed by atoms with Gasteiger partial charge < -0.3 is 14.8 Å². The van der Waals surface area contributed by atoms with Crippen LogP contribution in [0, 0.1) is 5.92 Å². The Morgan fingerprint density at radius 3 is 2.65 bits per heavy atom. The minimum Gasteiger partial charge on any atom is -0.491 e. The molecule has 4 heteroatoms. The predicted molar refractivity (Wildman–Crippen MR) is 82.0 cm³/mol. The molecule has 0 aromatic carbocycles. The Morgan fingerprint density at radius 2 is 2.00 bits per heavy atom. The molecule has 1 rings (SSSR count). The summed E-state index contributed by atoms with van der Waals surface area (Å²) in [5, 5.41) is 3.44. The van der Waals surface area contributed by atoms with Gasteiger partial charge in [-0.3, -0.25) is 4.98 Å². The average Bonchev–Trinajstić information content (AvgIpc) is 2.36. The van der Waals surface area contributed by atoms with Crippen molar-refractivity contribution in [1.82, 2.24) is 10.3 Å². The molecule has 1 aromatic rings. The molecule has 0 spiro atoms. The first-order chi connectivity index (χ1) is 9.38. The Kier molecular flexibility index (Phi) is 6.96. The summed E-state index contributed by atoms with van der Waals surface area (Å²) in [7, 11) is 0. The fourth-order valence-electron chi connectivity index (χ4n) is 1.58. The molecule has 1 N–H and O–H groups in total. The zero-order chi connectivity index (χ0) is 15.0. The van der Waals surface area contributed by atoms with Gasteiger partial charge in [0.2, 0.25) is 0 Å². The van der Waals surface area contributed by atoms with Gasteiger partial charge in [0.25, 0.3) is 0 Å². The average molecular weight is 280 g/mol. The molecule has 4 nitrogen and oxygen atoms in total. The Morgan fingerprint density at radius 1 is 1.25 bits per heavy atom. The van der Waals surface area contributed by atoms with Crippen LogP contribution in [0.5, 0.6) is 5.75 Å². The van der Waals surface area contributed by atoms with Crippen molar-refractivity contribution in [3.05, 3.63) is 24.0 Å². The van der Waals surface area contributed by atoms with E-state index in [0.29, 0.717) is 19.1 Å². The summed E-state index contributed by atoms with van der Waals surface area (Å²) < 4.78 is 11.3. The van der Waals surface area contributed by atoms with Crippen molar-refractivity contribution in [2.75, 3.05) is 19.8 Å². The fraction of sp³-hybridized carbons (Fsp3) is 0.688. The molecule has 1 heterocycles. The third-order valence-corrected chi connectivity index (χ3v) is 2.60. The molecule has 0 bridgehead atoms. The first-order valence-corrected chi connectivity index (χ1v) is 7.27. The number of pyridine rings is 1. The van der Waals surface area contributed by atoms with E-state index in [-0.39, 0.29) is 5.54 Å². The fourth-order valence-corrected chi connectivity index (χ4v) is 1.58. The van der Waals surface area contributed by atoms with Crippen LogP contribution in [-0.4, -0.2) is 30.3 Å². The summed E-state index contributed by atoms with van der Waals surface area (Å²) in [5.74, 6) is 1.44. The number of nitrogens with one attached hydrogen (secondary N) is 1. The maximum atomic E-state index is 5.78. The van der Waals surface area contributed by atoms with Crippen LogP contribution in [0.4, 0.5) is 0 Å². The van der Waals surface area contributed by atoms with Gasteiger partial charge in [-0.05, 0) is 32.8 Å². The van der Waals surface area contributed by atoms with Crippen molar-refractivity contribution in [3.8, 4) is 5.75 Å². The maximum absolute atomic E-state index is 5.78. The number of nitrogens with zero attached hydrogens (tertiary/aromatic N) is 1. The van der Waals surface area contributed by atoms with Crippen molar-refractivity contribution in [2.24, 2.45) is 5.92 Å². The number of aromatic nitrogens is 1. The molecular formula is C16H28N2O2. The second kappa shape index (κ2) is 8.22. The van der Waals surface area contributed by atoms with E-state index >= 15 is 0 Å². The predicted octanol–water partition coefficient (Wildman–Crippen LogP) is 3.02. The van der Waals surface area contributed by atoms with Crippen LogP contribution in [0.15, 0.2) is 18.5 Å². The highest BCUT2D eigenvalue weighted by molar-refractivity contribution is 5.30. The lowest BCUT2D eigenvalue weighted by atomic mass is 10.1. The van der Waals surface area contributed by atoms with E-state index in [1.54, 1.807) is 6.20 Å². The molecule has 20 heavy (non-hydrogen) atoms. The summed E-state index contributed by atoms with van der Waals surface area (Å²) in [4.78, 5) is 4.16. The highest BCUT2D eigenvalue weighted by Gasteiger charge is 2.11. The molecule has 114 valence electrons. The maximum Gasteiger partial charge on any atom is 0.126 e. The normalized spacial score (nSPS) is 11.9. The van der Waals surface area contributed by atoms with Crippen LogP contribution in [0.25, 0.3) is 0 Å². The van der Waals surface area contributed by atoms with Gasteiger partial charge in [-0.25, -0.2) is 0 Å². The van der Waals surface area contributed by atoms with E-state index in [1.165, 1.54) is 0 Å². The minimum absolute atomic E-state index is 0.0769. The third-order valence-electron chi connectivity index (χ3n) is 2.60. The van der Waals surface area contributed by atoms with Gasteiger partial charge in [0.1, 0.15) is 12.4 Å². The van der Waals surface area contributed by atoms with E-state index in [9.17, 15) is 0 Å². The van der Waals surface area contributed by atoms with Gasteiger partial charge in [-0.15, -0.1) is 0 Å². The van der Waals surface area contributed by atoms with Crippen LogP contribution in [0.1, 0.15) is 40.2 Å². The van der Waals surface area contributed by atoms with E-state index < -0.39 is 0 Å². The highest BCUT2D eigenvalue weighted by Crippen LogP contribution is 2.17. The van der Waals surface area contributed by atoms with E-state index in [2.05, 4.69) is 44.9 Å². The monoisotopic (exact) mass is 280 g/mol. The molecule has 0 aliphatic heterocycles. The molecule has 0 radical (unpaired) electrons. The summed E-state index contributed by atoms with van der Waals surface area (Å²) in [5.41, 5.74) is 1.15. The second-order valence-electron chi connectivity index (χ2n) is 6.40. The molecular weight excluding hydrogens is 252 g/mol. The molecule has 0 fully saturated rings. The van der Waals surface area contributed by atoms with Crippen LogP contribution in [0.3, 0.4) is 0 Å². The molecule has 0 atom stereocenters. The first-order valence-electron chi connectivity index (χ1n) is 7.27. The van der Waals surface area contributed by atoms with Gasteiger partial charge in [0, 0.05) is 36.6 Å². The van der Waals surface area contributed by atoms with Gasteiger partial charge in [-0.2, -0.15) is 0 Å². The smallest absolute Gasteiger partial charge is 0.126 e. The summed E-state index contributed by atoms with van der Waals surface area (Å²) in [6.45, 7) is 13.4. The molecule has 0 saturated heterocycles. The summed E-state index contributed by atoms with van der Waals surface area (Å²) in [6, 6.07) is 1.90. The minimum atomic E-state index is 0.0769. The van der Waals surface area contributed by atoms with Gasteiger partial charge in [0.05, 0.1) is 6.61 Å². The summed E-state index contributed by atoms with van der Waals surface area (Å²) in [6.07, 6.45) is 3.61. The third kappa shape index (κ3) is 7.46. The molecule has 1 aromatic heterocycles. The number of hydrogen-bond acceptors (Lipinski definition) is 4. The Hall–Kier alpha value is -1.13. The van der Waals surface area contributed by atoms with Gasteiger partial charge in [-0.1, -0.05) is 13.8 Å². The SMILES string of the molecule is CC(C)COCCOc1ccncc1CNC(C)(C)C. The van der Waals surface area contributed by atoms with Crippen molar-refractivity contribution in [3.63, 3.8) is 0 Å². The van der Waals surface area contributed by atoms with Crippen molar-refractivity contribution >= 4 is 0 Å². The van der Waals surface area contributed by atoms with Crippen LogP contribution >= 0.6 is 0 Å². The van der Waals surface area contributed by atoms with Gasteiger partial charge >= 0.3 is 0 Å². The van der Waals surface area contributed by atoms with E-state index in [4.69, 9.17) is 9.47 Å². The van der Waals surface area contributed by atoms with Gasteiger partial charge in [0.15, 0.2) is 0 Å². The molecule has 0 unspecified atom stereocenters. The highest BCUT2D eigenvalue weighted by atomic mass is 16.5.